The number of hydrogen-bond donors (Lipinski definition) is 0. The smallest absolute Gasteiger partial charge is 0.0861 e. The Morgan fingerprint density at radius 1 is 0.467 bits per heavy atom. The second kappa shape index (κ2) is 5.08. The molecule has 45 heavy (non-hydrogen) atoms. The summed E-state index contributed by atoms with van der Waals surface area (Å²) in [5.74, 6) is 3.44. The molecule has 1 saturated carbocycles. The van der Waals surface area contributed by atoms with E-state index in [4.69, 9.17) is 0 Å². The monoisotopic (exact) mass is 566 g/mol. The van der Waals surface area contributed by atoms with Gasteiger partial charge in [-0.3, -0.25) is 0 Å². The Hall–Kier alpha value is -4.46. The number of likely N-dealkylation sites (tertiary alicyclic amines) is 1. The highest BCUT2D eigenvalue weighted by molar-refractivity contribution is 6.59. The molecule has 0 radical (unpaired) electrons. The fourth-order valence-corrected chi connectivity index (χ4v) is 14.9. The van der Waals surface area contributed by atoms with Crippen LogP contribution in [0.2, 0.25) is 0 Å². The first-order chi connectivity index (χ1) is 22.1. The van der Waals surface area contributed by atoms with E-state index >= 15 is 0 Å². The van der Waals surface area contributed by atoms with Gasteiger partial charge in [0.05, 0.1) is 27.2 Å². The molecule has 0 amide bonds. The van der Waals surface area contributed by atoms with Crippen LogP contribution in [0.3, 0.4) is 0 Å². The van der Waals surface area contributed by atoms with Crippen molar-refractivity contribution in [3.8, 4) is 0 Å². The first kappa shape index (κ1) is 19.8. The molecular formula is C44H24N+. The third kappa shape index (κ3) is 1.43. The van der Waals surface area contributed by atoms with Crippen LogP contribution in [0.4, 0.5) is 0 Å². The van der Waals surface area contributed by atoms with Gasteiger partial charge >= 0.3 is 0 Å². The zero-order chi connectivity index (χ0) is 28.0. The molecule has 1 heteroatoms. The number of fused-ring (bicyclic) bond motifs is 8. The van der Waals surface area contributed by atoms with Gasteiger partial charge in [0.1, 0.15) is 0 Å². The van der Waals surface area contributed by atoms with Crippen LogP contribution in [-0.2, 0) is 0 Å². The summed E-state index contributed by atoms with van der Waals surface area (Å²) in [5, 5.41) is 31.0. The van der Waals surface area contributed by atoms with Crippen molar-refractivity contribution in [2.45, 2.75) is 23.7 Å². The number of nitrogens with zero attached hydrogens (tertiary/aromatic N) is 1. The van der Waals surface area contributed by atoms with Crippen molar-refractivity contribution in [1.29, 1.82) is 0 Å². The molecule has 6 aliphatic carbocycles. The van der Waals surface area contributed by atoms with Crippen molar-refractivity contribution in [3.63, 3.8) is 0 Å². The van der Waals surface area contributed by atoms with Crippen molar-refractivity contribution in [2.24, 2.45) is 11.8 Å². The van der Waals surface area contributed by atoms with Crippen LogP contribution in [0.1, 0.15) is 57.1 Å². The number of allylic oxidation sites excluding steroid dienone is 2. The average molecular weight is 567 g/mol. The molecule has 0 aromatic heterocycles. The van der Waals surface area contributed by atoms with E-state index < -0.39 is 0 Å². The Kier molecular flexibility index (Phi) is 2.24. The van der Waals surface area contributed by atoms with Gasteiger partial charge in [-0.25, -0.2) is 0 Å². The normalized spacial score (nSPS) is 30.7. The minimum absolute atomic E-state index is 0.533. The molecule has 1 heterocycles. The summed E-state index contributed by atoms with van der Waals surface area (Å²) >= 11 is 0. The highest BCUT2D eigenvalue weighted by atomic mass is 15.3. The van der Waals surface area contributed by atoms with E-state index in [2.05, 4.69) is 62.7 Å². The van der Waals surface area contributed by atoms with E-state index in [1.54, 1.807) is 119 Å². The van der Waals surface area contributed by atoms with Crippen LogP contribution in [0.15, 0.2) is 36.4 Å². The lowest BCUT2D eigenvalue weighted by molar-refractivity contribution is -0.879. The second-order valence-electron chi connectivity index (χ2n) is 17.2. The summed E-state index contributed by atoms with van der Waals surface area (Å²) in [6.07, 6.45) is 10.6. The maximum absolute atomic E-state index is 2.71. The molecule has 7 aliphatic rings. The molecule has 6 unspecified atom stereocenters. The molecule has 1 saturated heterocycles. The molecule has 0 N–H and O–H groups in total. The van der Waals surface area contributed by atoms with Crippen LogP contribution in [-0.4, -0.2) is 31.7 Å². The molecule has 204 valence electrons. The SMILES string of the molecule is C[N+]1(C)CC2c3c4c5c6c3c3c(c7ccc8c9ccc%10c%11c%12c%13c%14c(c6c6c3c7c8c(c9c%10%13)c%146)=C3C5C(C=C4)C(C=C%11)C3%12)C2C1. The van der Waals surface area contributed by atoms with Crippen molar-refractivity contribution < 1.29 is 4.48 Å². The highest BCUT2D eigenvalue weighted by Crippen LogP contribution is 2.72. The zero-order valence-corrected chi connectivity index (χ0v) is 24.9. The molecule has 1 aliphatic heterocycles. The fraction of sp³-hybridized carbons (Fsp3) is 0.227. The topological polar surface area (TPSA) is 0 Å². The van der Waals surface area contributed by atoms with Crippen molar-refractivity contribution in [2.75, 3.05) is 27.2 Å². The summed E-state index contributed by atoms with van der Waals surface area (Å²) in [4.78, 5) is 0. The van der Waals surface area contributed by atoms with Crippen LogP contribution in [0.25, 0.3) is 115 Å². The standard InChI is InChI=1S/C44H24N/c1-45(2)11-21-22(12-45)24-20-10-8-18-16-6-4-14-13-3-5-15-17-7-9-19-23(21)33-34(24)39-32(20)30(18)37-28(16)26(14)35-25(13)27(15)36-29(17)31(19)38(33)43-41(36)40(35)42(37)44(39)43/h3-10,15,17,21-22,27,29H,11-12H2,1-2H3/q+1. The Balaban J connectivity index is 1.36. The molecule has 10 aromatic carbocycles. The molecular weight excluding hydrogens is 542 g/mol. The van der Waals surface area contributed by atoms with E-state index in [0.717, 1.165) is 4.48 Å². The van der Waals surface area contributed by atoms with E-state index in [1.807, 2.05) is 5.57 Å². The molecule has 0 spiro atoms. The minimum Gasteiger partial charge on any atom is -0.327 e. The molecule has 10 aromatic rings. The third-order valence-electron chi connectivity index (χ3n) is 15.6. The lowest BCUT2D eigenvalue weighted by atomic mass is 9.74. The maximum Gasteiger partial charge on any atom is 0.0861 e. The Bertz CT molecular complexity index is 3360. The van der Waals surface area contributed by atoms with Gasteiger partial charge in [-0.15, -0.1) is 0 Å². The summed E-state index contributed by atoms with van der Waals surface area (Å²) in [5.41, 5.74) is 12.0. The lowest BCUT2D eigenvalue weighted by Crippen LogP contribution is -2.36. The van der Waals surface area contributed by atoms with Crippen LogP contribution < -0.4 is 5.22 Å². The van der Waals surface area contributed by atoms with Crippen molar-refractivity contribution >= 4 is 115 Å². The van der Waals surface area contributed by atoms with Crippen LogP contribution in [0.5, 0.6) is 0 Å². The van der Waals surface area contributed by atoms with Gasteiger partial charge in [0.15, 0.2) is 0 Å². The summed E-state index contributed by atoms with van der Waals surface area (Å²) < 4.78 is 1.13. The Morgan fingerprint density at radius 2 is 0.956 bits per heavy atom. The maximum atomic E-state index is 2.71. The largest absolute Gasteiger partial charge is 0.327 e. The third-order valence-corrected chi connectivity index (χ3v) is 15.6. The van der Waals surface area contributed by atoms with Gasteiger partial charge in [0, 0.05) is 23.7 Å². The molecule has 6 atom stereocenters. The van der Waals surface area contributed by atoms with Crippen LogP contribution in [0, 0.1) is 11.8 Å². The highest BCUT2D eigenvalue weighted by Gasteiger charge is 2.58. The summed E-state index contributed by atoms with van der Waals surface area (Å²) in [6.45, 7) is 2.51. The predicted molar refractivity (Wildman–Crippen MR) is 188 cm³/mol. The quantitative estimate of drug-likeness (QED) is 0.127. The van der Waals surface area contributed by atoms with Gasteiger partial charge < -0.3 is 4.48 Å². The lowest BCUT2D eigenvalue weighted by Gasteiger charge is -2.29. The number of benzene rings is 5. The predicted octanol–water partition coefficient (Wildman–Crippen LogP) is 9.33. The zero-order valence-electron chi connectivity index (χ0n) is 24.9. The van der Waals surface area contributed by atoms with Gasteiger partial charge in [-0.1, -0.05) is 48.6 Å². The van der Waals surface area contributed by atoms with Crippen LogP contribution >= 0.6 is 0 Å². The number of hydrogen-bond acceptors (Lipinski definition) is 0. The molecule has 17 rings (SSSR count). The molecule has 0 bridgehead atoms. The van der Waals surface area contributed by atoms with Gasteiger partial charge in [0.2, 0.25) is 0 Å². The fourth-order valence-electron chi connectivity index (χ4n) is 14.9. The first-order valence-corrected chi connectivity index (χ1v) is 17.4. The van der Waals surface area contributed by atoms with E-state index in [9.17, 15) is 0 Å². The first-order valence-electron chi connectivity index (χ1n) is 17.4. The van der Waals surface area contributed by atoms with Gasteiger partial charge in [0.25, 0.3) is 0 Å². The molecule has 2 fully saturated rings. The van der Waals surface area contributed by atoms with Crippen molar-refractivity contribution in [1.82, 2.24) is 0 Å². The van der Waals surface area contributed by atoms with E-state index in [-0.39, 0.29) is 0 Å². The molecule has 1 nitrogen and oxygen atoms in total. The number of quaternary nitrogens is 1. The Morgan fingerprint density at radius 3 is 1.71 bits per heavy atom. The van der Waals surface area contributed by atoms with E-state index in [0.29, 0.717) is 35.5 Å². The second-order valence-corrected chi connectivity index (χ2v) is 17.2. The van der Waals surface area contributed by atoms with E-state index in [1.165, 1.54) is 29.2 Å². The van der Waals surface area contributed by atoms with Gasteiger partial charge in [-0.05, 0) is 153 Å². The Labute approximate surface area is 256 Å². The van der Waals surface area contributed by atoms with Gasteiger partial charge in [-0.2, -0.15) is 0 Å². The number of likely N-dealkylation sites (N-methyl/N-ethyl adjacent to an activating group) is 1. The summed E-state index contributed by atoms with van der Waals surface area (Å²) in [7, 11) is 5.00. The van der Waals surface area contributed by atoms with Crippen molar-refractivity contribution in [3.05, 3.63) is 75.0 Å². The average Bonchev–Trinajstić information content (AvgIpc) is 3.87. The number of rotatable bonds is 0. The minimum atomic E-state index is 0.533. The summed E-state index contributed by atoms with van der Waals surface area (Å²) in [6, 6.07) is 10.2.